The Morgan fingerprint density at radius 3 is 2.65 bits per heavy atom. The first-order valence-electron chi connectivity index (χ1n) is 5.14. The summed E-state index contributed by atoms with van der Waals surface area (Å²) in [6, 6.07) is 9.21. The highest BCUT2D eigenvalue weighted by Crippen LogP contribution is 2.22. The van der Waals surface area contributed by atoms with Crippen LogP contribution in [-0.4, -0.2) is 17.2 Å². The molecule has 1 N–H and O–H groups in total. The van der Waals surface area contributed by atoms with E-state index >= 15 is 0 Å². The molecular formula is C13H12FNO2. The fraction of sp³-hybridized carbons (Fsp3) is 0.154. The number of rotatable bonds is 3. The van der Waals surface area contributed by atoms with E-state index in [-0.39, 0.29) is 5.82 Å². The van der Waals surface area contributed by atoms with E-state index in [1.807, 2.05) is 0 Å². The van der Waals surface area contributed by atoms with E-state index in [1.54, 1.807) is 24.3 Å². The van der Waals surface area contributed by atoms with Crippen molar-refractivity contribution in [3.8, 4) is 5.88 Å². The minimum absolute atomic E-state index is 0.372. The van der Waals surface area contributed by atoms with E-state index in [0.717, 1.165) is 0 Å². The van der Waals surface area contributed by atoms with Crippen molar-refractivity contribution in [3.05, 3.63) is 59.5 Å². The molecule has 0 fully saturated rings. The van der Waals surface area contributed by atoms with Crippen LogP contribution in [0.5, 0.6) is 5.88 Å². The summed E-state index contributed by atoms with van der Waals surface area (Å²) in [4.78, 5) is 3.99. The largest absolute Gasteiger partial charge is 0.481 e. The Kier molecular flexibility index (Phi) is 3.35. The molecule has 4 heteroatoms. The van der Waals surface area contributed by atoms with Crippen molar-refractivity contribution in [3.63, 3.8) is 0 Å². The summed E-state index contributed by atoms with van der Waals surface area (Å²) in [6.07, 6.45) is 0.623. The van der Waals surface area contributed by atoms with E-state index in [2.05, 4.69) is 4.98 Å². The highest BCUT2D eigenvalue weighted by atomic mass is 19.1. The molecule has 88 valence electrons. The molecule has 0 aliphatic rings. The molecule has 0 aliphatic carbocycles. The summed E-state index contributed by atoms with van der Waals surface area (Å²) in [7, 11) is 1.52. The van der Waals surface area contributed by atoms with Crippen LogP contribution < -0.4 is 4.74 Å². The smallest absolute Gasteiger partial charge is 0.212 e. The Hall–Kier alpha value is -1.94. The van der Waals surface area contributed by atoms with Gasteiger partial charge in [0.15, 0.2) is 0 Å². The molecule has 1 atom stereocenters. The van der Waals surface area contributed by atoms with Crippen molar-refractivity contribution in [2.45, 2.75) is 6.10 Å². The second-order valence-electron chi connectivity index (χ2n) is 3.59. The second-order valence-corrected chi connectivity index (χ2v) is 3.59. The van der Waals surface area contributed by atoms with Gasteiger partial charge in [0, 0.05) is 17.8 Å². The molecule has 1 heterocycles. The number of hydrogen-bond donors (Lipinski definition) is 1. The molecule has 0 radical (unpaired) electrons. The molecule has 3 nitrogen and oxygen atoms in total. The molecule has 17 heavy (non-hydrogen) atoms. The van der Waals surface area contributed by atoms with Gasteiger partial charge in [-0.2, -0.15) is 0 Å². The third kappa shape index (κ3) is 2.60. The molecule has 0 aliphatic heterocycles. The number of hydrogen-bond acceptors (Lipinski definition) is 3. The average Bonchev–Trinajstić information content (AvgIpc) is 2.38. The molecule has 0 saturated carbocycles. The minimum atomic E-state index is -0.885. The number of ether oxygens (including phenoxy) is 1. The maximum Gasteiger partial charge on any atom is 0.212 e. The normalized spacial score (nSPS) is 12.2. The fourth-order valence-electron chi connectivity index (χ4n) is 1.54. The molecule has 0 amide bonds. The van der Waals surface area contributed by atoms with Crippen LogP contribution in [0.15, 0.2) is 42.6 Å². The van der Waals surface area contributed by atoms with Gasteiger partial charge >= 0.3 is 0 Å². The van der Waals surface area contributed by atoms with Crippen molar-refractivity contribution in [1.82, 2.24) is 4.98 Å². The number of nitrogens with zero attached hydrogens (tertiary/aromatic N) is 1. The first-order valence-corrected chi connectivity index (χ1v) is 5.14. The summed E-state index contributed by atoms with van der Waals surface area (Å²) in [5.41, 5.74) is 1.09. The highest BCUT2D eigenvalue weighted by molar-refractivity contribution is 5.30. The molecule has 1 aromatic carbocycles. The van der Waals surface area contributed by atoms with Gasteiger partial charge in [-0.1, -0.05) is 12.1 Å². The lowest BCUT2D eigenvalue weighted by Crippen LogP contribution is -2.01. The summed E-state index contributed by atoms with van der Waals surface area (Å²) in [5.74, 6) is 0.100. The molecule has 2 rings (SSSR count). The maximum atomic E-state index is 13.0. The van der Waals surface area contributed by atoms with E-state index in [1.165, 1.54) is 25.4 Å². The fourth-order valence-corrected chi connectivity index (χ4v) is 1.54. The monoisotopic (exact) mass is 233 g/mol. The number of benzene rings is 1. The molecule has 0 saturated heterocycles. The Morgan fingerprint density at radius 2 is 2.06 bits per heavy atom. The van der Waals surface area contributed by atoms with Crippen LogP contribution in [0.2, 0.25) is 0 Å². The predicted octanol–water partition coefficient (Wildman–Crippen LogP) is 2.31. The third-order valence-electron chi connectivity index (χ3n) is 2.45. The SMILES string of the molecule is COc1ccc(C(O)c2cccc(F)c2)cn1. The summed E-state index contributed by atoms with van der Waals surface area (Å²) < 4.78 is 17.9. The highest BCUT2D eigenvalue weighted by Gasteiger charge is 2.11. The Labute approximate surface area is 98.5 Å². The van der Waals surface area contributed by atoms with Gasteiger partial charge < -0.3 is 9.84 Å². The first kappa shape index (κ1) is 11.5. The lowest BCUT2D eigenvalue weighted by molar-refractivity contribution is 0.219. The number of aliphatic hydroxyl groups is 1. The van der Waals surface area contributed by atoms with Gasteiger partial charge in [0.25, 0.3) is 0 Å². The standard InChI is InChI=1S/C13H12FNO2/c1-17-12-6-5-10(8-15-12)13(16)9-3-2-4-11(14)7-9/h2-8,13,16H,1H3. The van der Waals surface area contributed by atoms with Gasteiger partial charge in [-0.15, -0.1) is 0 Å². The van der Waals surface area contributed by atoms with Crippen molar-refractivity contribution in [2.75, 3.05) is 7.11 Å². The van der Waals surface area contributed by atoms with Gasteiger partial charge in [-0.05, 0) is 23.8 Å². The van der Waals surface area contributed by atoms with Gasteiger partial charge in [-0.3, -0.25) is 0 Å². The topological polar surface area (TPSA) is 42.4 Å². The van der Waals surface area contributed by atoms with Crippen LogP contribution in [0.3, 0.4) is 0 Å². The molecule has 1 unspecified atom stereocenters. The molecule has 0 spiro atoms. The van der Waals surface area contributed by atoms with Gasteiger partial charge in [-0.25, -0.2) is 9.37 Å². The zero-order valence-electron chi connectivity index (χ0n) is 9.30. The Bertz CT molecular complexity index is 499. The molecule has 2 aromatic rings. The number of pyridine rings is 1. The van der Waals surface area contributed by atoms with E-state index < -0.39 is 6.10 Å². The van der Waals surface area contributed by atoms with Crippen LogP contribution in [0.4, 0.5) is 4.39 Å². The van der Waals surface area contributed by atoms with Gasteiger partial charge in [0.05, 0.1) is 7.11 Å². The van der Waals surface area contributed by atoms with Gasteiger partial charge in [0.1, 0.15) is 11.9 Å². The van der Waals surface area contributed by atoms with Crippen molar-refractivity contribution < 1.29 is 14.2 Å². The number of methoxy groups -OCH3 is 1. The molecule has 1 aromatic heterocycles. The lowest BCUT2D eigenvalue weighted by Gasteiger charge is -2.11. The van der Waals surface area contributed by atoms with Gasteiger partial charge in [0.2, 0.25) is 5.88 Å². The minimum Gasteiger partial charge on any atom is -0.481 e. The third-order valence-corrected chi connectivity index (χ3v) is 2.45. The predicted molar refractivity (Wildman–Crippen MR) is 61.3 cm³/mol. The lowest BCUT2D eigenvalue weighted by atomic mass is 10.0. The summed E-state index contributed by atoms with van der Waals surface area (Å²) in [5, 5.41) is 10.0. The van der Waals surface area contributed by atoms with E-state index in [9.17, 15) is 9.50 Å². The van der Waals surface area contributed by atoms with Crippen LogP contribution in [0, 0.1) is 5.82 Å². The number of halogens is 1. The zero-order valence-corrected chi connectivity index (χ0v) is 9.30. The van der Waals surface area contributed by atoms with Crippen LogP contribution in [0.1, 0.15) is 17.2 Å². The average molecular weight is 233 g/mol. The Morgan fingerprint density at radius 1 is 1.24 bits per heavy atom. The number of aromatic nitrogens is 1. The van der Waals surface area contributed by atoms with Crippen LogP contribution >= 0.6 is 0 Å². The quantitative estimate of drug-likeness (QED) is 0.884. The number of aliphatic hydroxyl groups excluding tert-OH is 1. The second kappa shape index (κ2) is 4.93. The van der Waals surface area contributed by atoms with E-state index in [4.69, 9.17) is 4.74 Å². The summed E-state index contributed by atoms with van der Waals surface area (Å²) >= 11 is 0. The molecular weight excluding hydrogens is 221 g/mol. The first-order chi connectivity index (χ1) is 8.20. The maximum absolute atomic E-state index is 13.0. The van der Waals surface area contributed by atoms with Crippen molar-refractivity contribution in [1.29, 1.82) is 0 Å². The van der Waals surface area contributed by atoms with Crippen molar-refractivity contribution in [2.24, 2.45) is 0 Å². The zero-order chi connectivity index (χ0) is 12.3. The van der Waals surface area contributed by atoms with E-state index in [0.29, 0.717) is 17.0 Å². The van der Waals surface area contributed by atoms with Crippen LogP contribution in [0.25, 0.3) is 0 Å². The molecule has 0 bridgehead atoms. The van der Waals surface area contributed by atoms with Crippen molar-refractivity contribution >= 4 is 0 Å². The van der Waals surface area contributed by atoms with Crippen LogP contribution in [-0.2, 0) is 0 Å². The Balaban J connectivity index is 2.27. The summed E-state index contributed by atoms with van der Waals surface area (Å²) in [6.45, 7) is 0.